The van der Waals surface area contributed by atoms with Crippen molar-refractivity contribution in [1.82, 2.24) is 5.32 Å². The quantitative estimate of drug-likeness (QED) is 0.724. The van der Waals surface area contributed by atoms with Crippen molar-refractivity contribution in [3.8, 4) is 0 Å². The molecule has 0 bridgehead atoms. The molecule has 1 heterocycles. The first-order valence-corrected chi connectivity index (χ1v) is 7.94. The predicted octanol–water partition coefficient (Wildman–Crippen LogP) is 4.74. The Balaban J connectivity index is 1.76. The Morgan fingerprint density at radius 2 is 2.06 bits per heavy atom. The lowest BCUT2D eigenvalue weighted by molar-refractivity contribution is 0.623. The fraction of sp³-hybridized carbons (Fsp3) is 0.231. The smallest absolute Gasteiger partial charge is 0.123 e. The molecule has 0 saturated carbocycles. The summed E-state index contributed by atoms with van der Waals surface area (Å²) in [5, 5.41) is 3.36. The SMILES string of the molecule is Fc1cccc(CCNCc2cc(Br)c(Br)s2)c1. The molecule has 0 aliphatic heterocycles. The molecule has 1 aromatic carbocycles. The van der Waals surface area contributed by atoms with Crippen LogP contribution in [0.25, 0.3) is 0 Å². The topological polar surface area (TPSA) is 12.0 Å². The first kappa shape index (κ1) is 14.2. The third-order valence-corrected chi connectivity index (χ3v) is 5.73. The van der Waals surface area contributed by atoms with E-state index in [1.54, 1.807) is 23.5 Å². The molecule has 2 aromatic rings. The van der Waals surface area contributed by atoms with E-state index in [0.717, 1.165) is 33.3 Å². The van der Waals surface area contributed by atoms with Crippen molar-refractivity contribution in [2.75, 3.05) is 6.54 Å². The summed E-state index contributed by atoms with van der Waals surface area (Å²) in [5.74, 6) is -0.168. The first-order chi connectivity index (χ1) is 8.65. The maximum Gasteiger partial charge on any atom is 0.123 e. The molecule has 1 N–H and O–H groups in total. The minimum atomic E-state index is -0.168. The molecule has 2 rings (SSSR count). The molecule has 1 nitrogen and oxygen atoms in total. The van der Waals surface area contributed by atoms with Gasteiger partial charge in [0, 0.05) is 15.9 Å². The van der Waals surface area contributed by atoms with Gasteiger partial charge >= 0.3 is 0 Å². The fourth-order valence-electron chi connectivity index (χ4n) is 1.62. The van der Waals surface area contributed by atoms with E-state index < -0.39 is 0 Å². The van der Waals surface area contributed by atoms with Crippen molar-refractivity contribution >= 4 is 43.2 Å². The summed E-state index contributed by atoms with van der Waals surface area (Å²) >= 11 is 8.65. The van der Waals surface area contributed by atoms with Crippen LogP contribution >= 0.6 is 43.2 Å². The van der Waals surface area contributed by atoms with Crippen LogP contribution in [0.3, 0.4) is 0 Å². The van der Waals surface area contributed by atoms with Gasteiger partial charge in [0.1, 0.15) is 5.82 Å². The summed E-state index contributed by atoms with van der Waals surface area (Å²) < 4.78 is 15.2. The Morgan fingerprint density at radius 3 is 2.72 bits per heavy atom. The number of thiophene rings is 1. The number of benzene rings is 1. The lowest BCUT2D eigenvalue weighted by atomic mass is 10.1. The van der Waals surface area contributed by atoms with Crippen molar-refractivity contribution < 1.29 is 4.39 Å². The molecule has 0 saturated heterocycles. The number of hydrogen-bond acceptors (Lipinski definition) is 2. The zero-order valence-corrected chi connectivity index (χ0v) is 13.5. The predicted molar refractivity (Wildman–Crippen MR) is 81.5 cm³/mol. The molecule has 96 valence electrons. The Labute approximate surface area is 127 Å². The molecule has 0 amide bonds. The minimum absolute atomic E-state index is 0.168. The van der Waals surface area contributed by atoms with Crippen LogP contribution in [0.2, 0.25) is 0 Å². The highest BCUT2D eigenvalue weighted by Gasteiger charge is 2.03. The van der Waals surface area contributed by atoms with Crippen molar-refractivity contribution in [3.05, 3.63) is 54.8 Å². The van der Waals surface area contributed by atoms with E-state index in [1.165, 1.54) is 10.9 Å². The second-order valence-electron chi connectivity index (χ2n) is 3.89. The van der Waals surface area contributed by atoms with Crippen LogP contribution in [-0.2, 0) is 13.0 Å². The van der Waals surface area contributed by atoms with Gasteiger partial charge in [-0.25, -0.2) is 4.39 Å². The van der Waals surface area contributed by atoms with E-state index in [-0.39, 0.29) is 5.82 Å². The monoisotopic (exact) mass is 391 g/mol. The normalized spacial score (nSPS) is 10.8. The lowest BCUT2D eigenvalue weighted by Crippen LogP contribution is -2.15. The summed E-state index contributed by atoms with van der Waals surface area (Å²) in [6.45, 7) is 1.68. The number of halogens is 3. The molecule has 0 atom stereocenters. The summed E-state index contributed by atoms with van der Waals surface area (Å²) in [7, 11) is 0. The van der Waals surface area contributed by atoms with Gasteiger partial charge in [0.15, 0.2) is 0 Å². The minimum Gasteiger partial charge on any atom is -0.312 e. The highest BCUT2D eigenvalue weighted by Crippen LogP contribution is 2.32. The molecule has 0 unspecified atom stereocenters. The molecule has 0 spiro atoms. The van der Waals surface area contributed by atoms with E-state index in [2.05, 4.69) is 43.2 Å². The summed E-state index contributed by atoms with van der Waals surface area (Å²) in [6, 6.07) is 8.85. The molecule has 0 aliphatic carbocycles. The van der Waals surface area contributed by atoms with Crippen LogP contribution in [0.1, 0.15) is 10.4 Å². The van der Waals surface area contributed by atoms with E-state index in [9.17, 15) is 4.39 Å². The van der Waals surface area contributed by atoms with Gasteiger partial charge < -0.3 is 5.32 Å². The molecular formula is C13H12Br2FNS. The first-order valence-electron chi connectivity index (χ1n) is 5.54. The summed E-state index contributed by atoms with van der Waals surface area (Å²) in [6.07, 6.45) is 0.839. The zero-order chi connectivity index (χ0) is 13.0. The maximum absolute atomic E-state index is 13.0. The van der Waals surface area contributed by atoms with Gasteiger partial charge in [0.2, 0.25) is 0 Å². The van der Waals surface area contributed by atoms with Crippen molar-refractivity contribution in [1.29, 1.82) is 0 Å². The van der Waals surface area contributed by atoms with Gasteiger partial charge in [-0.1, -0.05) is 12.1 Å². The summed E-state index contributed by atoms with van der Waals surface area (Å²) in [4.78, 5) is 1.27. The third-order valence-electron chi connectivity index (χ3n) is 2.47. The molecule has 1 aromatic heterocycles. The van der Waals surface area contributed by atoms with Gasteiger partial charge in [0.25, 0.3) is 0 Å². The van der Waals surface area contributed by atoms with Gasteiger partial charge in [-0.05, 0) is 68.6 Å². The van der Waals surface area contributed by atoms with Crippen molar-refractivity contribution in [2.45, 2.75) is 13.0 Å². The second kappa shape index (κ2) is 6.80. The van der Waals surface area contributed by atoms with Crippen LogP contribution in [0.4, 0.5) is 4.39 Å². The van der Waals surface area contributed by atoms with Crippen LogP contribution in [0.15, 0.2) is 38.6 Å². The standard InChI is InChI=1S/C13H12Br2FNS/c14-12-7-11(18-13(12)15)8-17-5-4-9-2-1-3-10(16)6-9/h1-3,6-7,17H,4-5,8H2. The van der Waals surface area contributed by atoms with Crippen molar-refractivity contribution in [3.63, 3.8) is 0 Å². The number of nitrogens with one attached hydrogen (secondary N) is 1. The van der Waals surface area contributed by atoms with Gasteiger partial charge in [-0.15, -0.1) is 11.3 Å². The Morgan fingerprint density at radius 1 is 1.22 bits per heavy atom. The average molecular weight is 393 g/mol. The molecule has 0 radical (unpaired) electrons. The Bertz CT molecular complexity index is 508. The van der Waals surface area contributed by atoms with E-state index in [0.29, 0.717) is 0 Å². The van der Waals surface area contributed by atoms with Gasteiger partial charge in [-0.2, -0.15) is 0 Å². The lowest BCUT2D eigenvalue weighted by Gasteiger charge is -2.03. The second-order valence-corrected chi connectivity index (χ2v) is 7.20. The number of hydrogen-bond donors (Lipinski definition) is 1. The number of rotatable bonds is 5. The van der Waals surface area contributed by atoms with E-state index in [1.807, 2.05) is 6.07 Å². The molecule has 5 heteroatoms. The fourth-order valence-corrected chi connectivity index (χ4v) is 3.76. The Kier molecular flexibility index (Phi) is 5.36. The Hall–Kier alpha value is -0.230. The largest absolute Gasteiger partial charge is 0.312 e. The highest BCUT2D eigenvalue weighted by molar-refractivity contribution is 9.13. The molecule has 0 fully saturated rings. The third kappa shape index (κ3) is 4.16. The van der Waals surface area contributed by atoms with E-state index in [4.69, 9.17) is 0 Å². The van der Waals surface area contributed by atoms with Crippen LogP contribution in [0, 0.1) is 5.82 Å². The molecule has 0 aliphatic rings. The van der Waals surface area contributed by atoms with Crippen molar-refractivity contribution in [2.24, 2.45) is 0 Å². The molecular weight excluding hydrogens is 381 g/mol. The summed E-state index contributed by atoms with van der Waals surface area (Å²) in [5.41, 5.74) is 1.02. The molecule has 18 heavy (non-hydrogen) atoms. The zero-order valence-electron chi connectivity index (χ0n) is 9.55. The highest BCUT2D eigenvalue weighted by atomic mass is 79.9. The average Bonchev–Trinajstić information content (AvgIpc) is 2.65. The van der Waals surface area contributed by atoms with Crippen LogP contribution < -0.4 is 5.32 Å². The van der Waals surface area contributed by atoms with Crippen LogP contribution in [-0.4, -0.2) is 6.54 Å². The maximum atomic E-state index is 13.0. The van der Waals surface area contributed by atoms with Crippen LogP contribution in [0.5, 0.6) is 0 Å². The van der Waals surface area contributed by atoms with E-state index >= 15 is 0 Å². The van der Waals surface area contributed by atoms with Gasteiger partial charge in [0.05, 0.1) is 3.79 Å². The van der Waals surface area contributed by atoms with Gasteiger partial charge in [-0.3, -0.25) is 0 Å².